The number of nitrogens with two attached hydrogens (primary N) is 3. The molecule has 4 heterocycles. The van der Waals surface area contributed by atoms with Crippen molar-refractivity contribution in [3.8, 4) is 11.5 Å². The SMILES string of the molecule is CCC(CC(=O)O)N(C)/C(C=NC/C=C/COc1cc(C(N)=O)cc2nc(NC(=O)c3cc(C)nn3CC)n(C/C=C/Cn3c(NC(=O)c4cc(C)nn4CC)nc4cc(C(N)=O)cc(OC)c43)c12)=C/N. The van der Waals surface area contributed by atoms with Gasteiger partial charge in [-0.25, -0.2) is 9.97 Å². The number of aliphatic imine (C=N–C) groups is 1. The Bertz CT molecular complexity index is 3100. The molecule has 0 fully saturated rings. The number of aryl methyl sites for hydroxylation is 4. The van der Waals surface area contributed by atoms with E-state index in [0.717, 1.165) is 0 Å². The molecule has 6 aromatic rings. The predicted octanol–water partition coefficient (Wildman–Crippen LogP) is 4.39. The number of anilines is 2. The van der Waals surface area contributed by atoms with E-state index in [9.17, 15) is 29.1 Å². The summed E-state index contributed by atoms with van der Waals surface area (Å²) < 4.78 is 18.6. The van der Waals surface area contributed by atoms with Crippen molar-refractivity contribution in [2.45, 2.75) is 79.7 Å². The molecule has 0 aliphatic heterocycles. The number of carboxylic acids is 1. The maximum atomic E-state index is 13.9. The molecule has 0 saturated heterocycles. The van der Waals surface area contributed by atoms with Crippen molar-refractivity contribution in [2.75, 3.05) is 37.9 Å². The van der Waals surface area contributed by atoms with Crippen LogP contribution in [0.25, 0.3) is 22.1 Å². The summed E-state index contributed by atoms with van der Waals surface area (Å²) in [6, 6.07) is 9.09. The molecule has 0 aliphatic rings. The number of hydrogen-bond acceptors (Lipinski definition) is 14. The molecule has 0 aliphatic carbocycles. The average Bonchev–Trinajstić information content (AvgIpc) is 4.11. The van der Waals surface area contributed by atoms with Gasteiger partial charge in [0.15, 0.2) is 0 Å². The van der Waals surface area contributed by atoms with Crippen LogP contribution in [0.15, 0.2) is 77.6 Å². The number of ether oxygens (including phenoxy) is 2. The quantitative estimate of drug-likeness (QED) is 0.0362. The van der Waals surface area contributed by atoms with Crippen LogP contribution in [0, 0.1) is 13.8 Å². The number of hydrogen-bond donors (Lipinski definition) is 6. The second-order valence-electron chi connectivity index (χ2n) is 16.2. The molecular weight excluding hydrogens is 915 g/mol. The van der Waals surface area contributed by atoms with Gasteiger partial charge < -0.3 is 45.8 Å². The first-order valence-corrected chi connectivity index (χ1v) is 22.7. The molecule has 4 amide bonds. The van der Waals surface area contributed by atoms with Crippen molar-refractivity contribution in [3.05, 3.63) is 107 Å². The Kier molecular flexibility index (Phi) is 16.7. The van der Waals surface area contributed by atoms with Crippen molar-refractivity contribution < 1.29 is 38.6 Å². The number of carbonyl (C=O) groups excluding carboxylic acids is 4. The standard InChI is InChI=1S/C48H59N15O8/c1-8-32(25-40(64)65)59(6)33(26-49)27-52-15-11-14-18-71-39-24-31(44(51)67)22-35-42(39)61(48(54-35)56-46(69)37-20-29(5)58-63(37)10-3)17-13-12-16-60-41-34(21-30(43(50)66)23-38(41)70-7)53-47(60)55-45(68)36-19-28(4)57-62(36)9-2/h11-14,19-24,26-27,32H,8-10,15-18,25,49H2,1-7H3,(H2,50,66)(H2,51,67)(H,64,65)(H,53,55,68)(H,54,56,69)/b13-12+,14-11+,33-26+,52-27?. The van der Waals surface area contributed by atoms with Gasteiger partial charge in [0.05, 0.1) is 48.2 Å². The maximum absolute atomic E-state index is 13.9. The third-order valence-electron chi connectivity index (χ3n) is 11.4. The Morgan fingerprint density at radius 3 is 1.73 bits per heavy atom. The minimum absolute atomic E-state index is 0.0284. The third kappa shape index (κ3) is 11.9. The number of rotatable bonds is 24. The Balaban J connectivity index is 1.34. The van der Waals surface area contributed by atoms with Gasteiger partial charge in [0.1, 0.15) is 40.5 Å². The van der Waals surface area contributed by atoms with Crippen molar-refractivity contribution in [2.24, 2.45) is 22.2 Å². The van der Waals surface area contributed by atoms with E-state index in [1.54, 1.807) is 74.8 Å². The van der Waals surface area contributed by atoms with Crippen molar-refractivity contribution in [1.82, 2.24) is 43.6 Å². The van der Waals surface area contributed by atoms with Crippen LogP contribution in [0.5, 0.6) is 11.5 Å². The van der Waals surface area contributed by atoms with E-state index in [0.29, 0.717) is 70.0 Å². The van der Waals surface area contributed by atoms with E-state index in [1.807, 2.05) is 32.9 Å². The first-order chi connectivity index (χ1) is 34.0. The van der Waals surface area contributed by atoms with E-state index in [-0.39, 0.29) is 73.2 Å². The number of carbonyl (C=O) groups is 5. The topological polar surface area (TPSA) is 313 Å². The van der Waals surface area contributed by atoms with Crippen LogP contribution in [0.3, 0.4) is 0 Å². The van der Waals surface area contributed by atoms with Gasteiger partial charge in [-0.05, 0) is 76.6 Å². The number of aromatic nitrogens is 8. The monoisotopic (exact) mass is 973 g/mol. The van der Waals surface area contributed by atoms with Gasteiger partial charge in [-0.15, -0.1) is 0 Å². The number of benzene rings is 2. The summed E-state index contributed by atoms with van der Waals surface area (Å²) in [5, 5.41) is 24.0. The van der Waals surface area contributed by atoms with Gasteiger partial charge in [0.25, 0.3) is 11.8 Å². The predicted molar refractivity (Wildman–Crippen MR) is 268 cm³/mol. The lowest BCUT2D eigenvalue weighted by atomic mass is 10.1. The van der Waals surface area contributed by atoms with Crippen molar-refractivity contribution >= 4 is 69.8 Å². The van der Waals surface area contributed by atoms with Crippen molar-refractivity contribution in [3.63, 3.8) is 0 Å². The number of primary amides is 2. The van der Waals surface area contributed by atoms with Crippen LogP contribution < -0.4 is 37.3 Å². The minimum atomic E-state index is -0.913. The lowest BCUT2D eigenvalue weighted by Crippen LogP contribution is -2.33. The summed E-state index contributed by atoms with van der Waals surface area (Å²) in [4.78, 5) is 79.6. The number of imidazole rings is 2. The van der Waals surface area contributed by atoms with Crippen molar-refractivity contribution in [1.29, 1.82) is 0 Å². The van der Waals surface area contributed by atoms with Gasteiger partial charge in [0, 0.05) is 62.8 Å². The lowest BCUT2D eigenvalue weighted by Gasteiger charge is -2.28. The highest BCUT2D eigenvalue weighted by Gasteiger charge is 2.24. The van der Waals surface area contributed by atoms with E-state index in [1.165, 1.54) is 37.6 Å². The number of nitrogens with zero attached hydrogens (tertiary/aromatic N) is 10. The Hall–Kier alpha value is -8.76. The van der Waals surface area contributed by atoms with Gasteiger partial charge in [0.2, 0.25) is 23.7 Å². The van der Waals surface area contributed by atoms with Crippen LogP contribution in [0.1, 0.15) is 86.7 Å². The minimum Gasteiger partial charge on any atom is -0.494 e. The Labute approximate surface area is 408 Å². The normalized spacial score (nSPS) is 12.4. The van der Waals surface area contributed by atoms with Crippen LogP contribution in [0.2, 0.25) is 0 Å². The molecule has 0 saturated carbocycles. The second-order valence-corrected chi connectivity index (χ2v) is 16.2. The first-order valence-electron chi connectivity index (χ1n) is 22.7. The number of nitrogens with one attached hydrogen (secondary N) is 2. The highest BCUT2D eigenvalue weighted by molar-refractivity contribution is 6.05. The summed E-state index contributed by atoms with van der Waals surface area (Å²) in [6.45, 7) is 10.6. The van der Waals surface area contributed by atoms with Crippen LogP contribution in [-0.4, -0.2) is 118 Å². The molecular formula is C48H59N15O8. The molecule has 6 rings (SSSR count). The van der Waals surface area contributed by atoms with Gasteiger partial charge in [-0.2, -0.15) is 10.2 Å². The fourth-order valence-electron chi connectivity index (χ4n) is 7.89. The lowest BCUT2D eigenvalue weighted by molar-refractivity contribution is -0.138. The largest absolute Gasteiger partial charge is 0.494 e. The fraction of sp³-hybridized carbons (Fsp3) is 0.333. The molecule has 1 unspecified atom stereocenters. The van der Waals surface area contributed by atoms with Crippen LogP contribution in [0.4, 0.5) is 11.9 Å². The highest BCUT2D eigenvalue weighted by atomic mass is 16.5. The zero-order valence-corrected chi connectivity index (χ0v) is 40.7. The van der Waals surface area contributed by atoms with E-state index in [4.69, 9.17) is 36.6 Å². The molecule has 23 nitrogen and oxygen atoms in total. The fourth-order valence-corrected chi connectivity index (χ4v) is 7.89. The molecule has 374 valence electrons. The average molecular weight is 974 g/mol. The molecule has 2 aromatic carbocycles. The molecule has 71 heavy (non-hydrogen) atoms. The van der Waals surface area contributed by atoms with Gasteiger partial charge >= 0.3 is 5.97 Å². The number of carboxylic acid groups (broad SMARTS) is 1. The Morgan fingerprint density at radius 2 is 1.28 bits per heavy atom. The zero-order valence-electron chi connectivity index (χ0n) is 40.7. The number of amides is 4. The van der Waals surface area contributed by atoms with Gasteiger partial charge in [-0.3, -0.25) is 49.0 Å². The molecule has 23 heteroatoms. The highest BCUT2D eigenvalue weighted by Crippen LogP contribution is 2.33. The molecule has 0 bridgehead atoms. The smallest absolute Gasteiger partial charge is 0.305 e. The molecule has 1 atom stereocenters. The number of methoxy groups -OCH3 is 1. The number of fused-ring (bicyclic) bond motifs is 2. The molecule has 4 aromatic heterocycles. The summed E-state index contributed by atoms with van der Waals surface area (Å²) in [6.07, 6.45) is 10.6. The maximum Gasteiger partial charge on any atom is 0.305 e. The summed E-state index contributed by atoms with van der Waals surface area (Å²) in [7, 11) is 3.21. The summed E-state index contributed by atoms with van der Waals surface area (Å²) >= 11 is 0. The first kappa shape index (κ1) is 51.6. The van der Waals surface area contributed by atoms with E-state index >= 15 is 0 Å². The van der Waals surface area contributed by atoms with Gasteiger partial charge in [-0.1, -0.05) is 25.2 Å². The van der Waals surface area contributed by atoms with Crippen LogP contribution in [-0.2, 0) is 31.0 Å². The zero-order chi connectivity index (χ0) is 51.5. The summed E-state index contributed by atoms with van der Waals surface area (Å²) in [5.74, 6) is -2.47. The van der Waals surface area contributed by atoms with E-state index < -0.39 is 29.6 Å². The number of allylic oxidation sites excluding steroid dienone is 3. The Morgan fingerprint density at radius 1 is 0.775 bits per heavy atom. The molecule has 0 radical (unpaired) electrons. The molecule has 0 spiro atoms. The second kappa shape index (κ2) is 23.0. The third-order valence-corrected chi connectivity index (χ3v) is 11.4. The van der Waals surface area contributed by atoms with E-state index in [2.05, 4.69) is 25.8 Å². The van der Waals surface area contributed by atoms with Crippen LogP contribution >= 0.6 is 0 Å². The number of aliphatic carboxylic acids is 1. The summed E-state index contributed by atoms with van der Waals surface area (Å²) in [5.41, 5.74) is 21.6. The molecule has 9 N–H and O–H groups in total.